The predicted molar refractivity (Wildman–Crippen MR) is 138 cm³/mol. The summed E-state index contributed by atoms with van der Waals surface area (Å²) in [6.45, 7) is 6.59. The first-order valence-electron chi connectivity index (χ1n) is 13.0. The Hall–Kier alpha value is -3.46. The molecule has 38 heavy (non-hydrogen) atoms. The van der Waals surface area contributed by atoms with Gasteiger partial charge in [-0.3, -0.25) is 9.78 Å². The normalized spacial score (nSPS) is 21.6. The molecule has 1 spiro atoms. The van der Waals surface area contributed by atoms with E-state index in [1.807, 2.05) is 25.3 Å². The molecule has 2 atom stereocenters. The molecule has 0 unspecified atom stereocenters. The summed E-state index contributed by atoms with van der Waals surface area (Å²) in [4.78, 5) is 23.5. The van der Waals surface area contributed by atoms with E-state index in [-0.39, 0.29) is 11.1 Å². The minimum atomic E-state index is -4.62. The Morgan fingerprint density at radius 2 is 2.00 bits per heavy atom. The first-order valence-corrected chi connectivity index (χ1v) is 13.0. The Kier molecular flexibility index (Phi) is 5.94. The minimum absolute atomic E-state index is 0.107. The SMILES string of the molecule is CCN1c2ncc(-c3cc(NC(=O)c4ccnc(C(F)(F)F)c4)ccc3C)cc2[C@@H]2CCOC[C@H]2C12CC2. The van der Waals surface area contributed by atoms with Crippen LogP contribution in [0.3, 0.4) is 0 Å². The van der Waals surface area contributed by atoms with Crippen LogP contribution in [0.1, 0.15) is 59.3 Å². The lowest BCUT2D eigenvalue weighted by Gasteiger charge is -2.49. The number of amides is 1. The number of rotatable bonds is 4. The fraction of sp³-hybridized carbons (Fsp3) is 0.414. The highest BCUT2D eigenvalue weighted by Crippen LogP contribution is 2.60. The number of carbonyl (C=O) groups excluding carboxylic acids is 1. The van der Waals surface area contributed by atoms with E-state index in [9.17, 15) is 18.0 Å². The average molecular weight is 523 g/mol. The van der Waals surface area contributed by atoms with Crippen LogP contribution in [0.4, 0.5) is 24.7 Å². The van der Waals surface area contributed by atoms with Crippen molar-refractivity contribution < 1.29 is 22.7 Å². The maximum atomic E-state index is 13.0. The highest BCUT2D eigenvalue weighted by atomic mass is 19.4. The van der Waals surface area contributed by atoms with Gasteiger partial charge in [0.1, 0.15) is 11.5 Å². The monoisotopic (exact) mass is 522 g/mol. The van der Waals surface area contributed by atoms with Gasteiger partial charge >= 0.3 is 6.18 Å². The van der Waals surface area contributed by atoms with Gasteiger partial charge in [0.2, 0.25) is 0 Å². The van der Waals surface area contributed by atoms with Gasteiger partial charge in [0.25, 0.3) is 5.91 Å². The third kappa shape index (κ3) is 4.13. The van der Waals surface area contributed by atoms with E-state index >= 15 is 0 Å². The summed E-state index contributed by atoms with van der Waals surface area (Å²) in [7, 11) is 0. The first kappa shape index (κ1) is 24.9. The van der Waals surface area contributed by atoms with E-state index < -0.39 is 17.8 Å². The highest BCUT2D eigenvalue weighted by Gasteiger charge is 2.60. The number of ether oxygens (including phenoxy) is 1. The lowest BCUT2D eigenvalue weighted by atomic mass is 9.73. The second-order valence-corrected chi connectivity index (χ2v) is 10.5. The van der Waals surface area contributed by atoms with Gasteiger partial charge in [0.15, 0.2) is 0 Å². The second kappa shape index (κ2) is 9.08. The molecule has 0 radical (unpaired) electrons. The second-order valence-electron chi connectivity index (χ2n) is 10.5. The Bertz CT molecular complexity index is 1400. The highest BCUT2D eigenvalue weighted by molar-refractivity contribution is 6.04. The summed E-state index contributed by atoms with van der Waals surface area (Å²) in [5.74, 6) is 1.29. The number of aromatic nitrogens is 2. The van der Waals surface area contributed by atoms with Crippen molar-refractivity contribution in [2.75, 3.05) is 30.0 Å². The van der Waals surface area contributed by atoms with Crippen LogP contribution in [-0.4, -0.2) is 41.2 Å². The van der Waals surface area contributed by atoms with E-state index in [1.165, 1.54) is 24.5 Å². The van der Waals surface area contributed by atoms with Gasteiger partial charge in [-0.05, 0) is 86.1 Å². The smallest absolute Gasteiger partial charge is 0.381 e. The average Bonchev–Trinajstić information content (AvgIpc) is 3.71. The molecule has 2 fully saturated rings. The van der Waals surface area contributed by atoms with Crippen LogP contribution < -0.4 is 10.2 Å². The van der Waals surface area contributed by atoms with Crippen LogP contribution in [0, 0.1) is 12.8 Å². The lowest BCUT2D eigenvalue weighted by molar-refractivity contribution is -0.141. The number of carbonyl (C=O) groups is 1. The zero-order chi connectivity index (χ0) is 26.7. The van der Waals surface area contributed by atoms with Crippen molar-refractivity contribution in [3.63, 3.8) is 0 Å². The van der Waals surface area contributed by atoms with E-state index in [0.717, 1.165) is 61.0 Å². The molecule has 3 aliphatic rings. The van der Waals surface area contributed by atoms with Crippen LogP contribution in [0.5, 0.6) is 0 Å². The van der Waals surface area contributed by atoms with Crippen molar-refractivity contribution in [1.82, 2.24) is 9.97 Å². The van der Waals surface area contributed by atoms with Crippen LogP contribution in [0.25, 0.3) is 11.1 Å². The van der Waals surface area contributed by atoms with Crippen molar-refractivity contribution in [3.05, 3.63) is 71.2 Å². The fourth-order valence-corrected chi connectivity index (χ4v) is 6.35. The topological polar surface area (TPSA) is 67.4 Å². The fourth-order valence-electron chi connectivity index (χ4n) is 6.35. The Morgan fingerprint density at radius 1 is 1.18 bits per heavy atom. The van der Waals surface area contributed by atoms with Gasteiger partial charge in [-0.25, -0.2) is 4.98 Å². The Labute approximate surface area is 219 Å². The van der Waals surface area contributed by atoms with Crippen molar-refractivity contribution in [2.45, 2.75) is 50.7 Å². The first-order chi connectivity index (χ1) is 18.2. The third-order valence-corrected chi connectivity index (χ3v) is 8.33. The summed E-state index contributed by atoms with van der Waals surface area (Å²) >= 11 is 0. The Morgan fingerprint density at radius 3 is 2.74 bits per heavy atom. The number of nitrogens with zero attached hydrogens (tertiary/aromatic N) is 3. The number of anilines is 2. The molecular weight excluding hydrogens is 493 g/mol. The third-order valence-electron chi connectivity index (χ3n) is 8.33. The molecule has 2 aliphatic heterocycles. The molecule has 2 aromatic heterocycles. The summed E-state index contributed by atoms with van der Waals surface area (Å²) < 4.78 is 45.1. The van der Waals surface area contributed by atoms with Crippen LogP contribution in [-0.2, 0) is 10.9 Å². The number of nitrogens with one attached hydrogen (secondary N) is 1. The van der Waals surface area contributed by atoms with Gasteiger partial charge in [-0.1, -0.05) is 6.07 Å². The number of aryl methyl sites for hydroxylation is 1. The number of benzene rings is 1. The number of hydrogen-bond acceptors (Lipinski definition) is 5. The van der Waals surface area contributed by atoms with Crippen molar-refractivity contribution in [3.8, 4) is 11.1 Å². The maximum Gasteiger partial charge on any atom is 0.433 e. The zero-order valence-electron chi connectivity index (χ0n) is 21.3. The van der Waals surface area contributed by atoms with Gasteiger partial charge in [0, 0.05) is 53.8 Å². The molecule has 1 aliphatic carbocycles. The summed E-state index contributed by atoms with van der Waals surface area (Å²) in [5, 5.41) is 2.74. The summed E-state index contributed by atoms with van der Waals surface area (Å²) in [5.41, 5.74) is 3.59. The van der Waals surface area contributed by atoms with Crippen LogP contribution in [0.2, 0.25) is 0 Å². The number of halogens is 3. The van der Waals surface area contributed by atoms with Crippen molar-refractivity contribution in [1.29, 1.82) is 0 Å². The molecule has 198 valence electrons. The molecule has 1 amide bonds. The number of fused-ring (bicyclic) bond motifs is 4. The van der Waals surface area contributed by atoms with Gasteiger partial charge in [0.05, 0.1) is 6.61 Å². The van der Waals surface area contributed by atoms with Crippen LogP contribution in [0.15, 0.2) is 48.8 Å². The summed E-state index contributed by atoms with van der Waals surface area (Å²) in [6.07, 6.45) is 1.59. The van der Waals surface area contributed by atoms with E-state index in [1.54, 1.807) is 6.07 Å². The zero-order valence-corrected chi connectivity index (χ0v) is 21.3. The molecule has 6 rings (SSSR count). The standard InChI is InChI=1S/C29H29F3N4O2/c1-3-36-26-23(21-7-11-38-16-24(21)28(36)8-9-28)12-19(15-34-26)22-14-20(5-4-17(22)2)35-27(37)18-6-10-33-25(13-18)29(30,31)32/h4-6,10,12-15,21,24H,3,7-9,11,16H2,1-2H3,(H,35,37)/t21-,24+/m0/s1. The summed E-state index contributed by atoms with van der Waals surface area (Å²) in [6, 6.07) is 9.76. The number of pyridine rings is 2. The molecule has 1 N–H and O–H groups in total. The minimum Gasteiger partial charge on any atom is -0.381 e. The van der Waals surface area contributed by atoms with E-state index in [0.29, 0.717) is 17.5 Å². The molecular formula is C29H29F3N4O2. The maximum absolute atomic E-state index is 13.0. The molecule has 1 aromatic carbocycles. The van der Waals surface area contributed by atoms with E-state index in [4.69, 9.17) is 9.72 Å². The quantitative estimate of drug-likeness (QED) is 0.441. The Balaban J connectivity index is 1.32. The predicted octanol–water partition coefficient (Wildman–Crippen LogP) is 6.22. The van der Waals surface area contributed by atoms with Gasteiger partial charge in [-0.15, -0.1) is 0 Å². The van der Waals surface area contributed by atoms with Crippen molar-refractivity contribution >= 4 is 17.4 Å². The molecule has 1 saturated heterocycles. The molecule has 3 aromatic rings. The molecule has 6 nitrogen and oxygen atoms in total. The molecule has 1 saturated carbocycles. The van der Waals surface area contributed by atoms with Gasteiger partial charge in [-0.2, -0.15) is 13.2 Å². The molecule has 9 heteroatoms. The lowest BCUT2D eigenvalue weighted by Crippen LogP contribution is -2.52. The molecule has 0 bridgehead atoms. The van der Waals surface area contributed by atoms with E-state index in [2.05, 4.69) is 28.2 Å². The van der Waals surface area contributed by atoms with Crippen LogP contribution >= 0.6 is 0 Å². The van der Waals surface area contributed by atoms with Gasteiger partial charge < -0.3 is 15.0 Å². The largest absolute Gasteiger partial charge is 0.433 e. The molecule has 4 heterocycles. The van der Waals surface area contributed by atoms with Crippen molar-refractivity contribution in [2.24, 2.45) is 5.92 Å². The number of hydrogen-bond donors (Lipinski definition) is 1. The number of alkyl halides is 3.